The first-order valence-electron chi connectivity index (χ1n) is 10.2. The van der Waals surface area contributed by atoms with Crippen LogP contribution in [0.15, 0.2) is 95.9 Å². The number of sulfone groups is 1. The number of benzene rings is 3. The Morgan fingerprint density at radius 1 is 0.844 bits per heavy atom. The molecule has 0 N–H and O–H groups in total. The quantitative estimate of drug-likeness (QED) is 0.577. The fraction of sp³-hybridized carbons (Fsp3) is 0.154. The maximum atomic E-state index is 13.6. The first-order valence-corrected chi connectivity index (χ1v) is 11.9. The zero-order valence-corrected chi connectivity index (χ0v) is 18.7. The number of amides is 2. The summed E-state index contributed by atoms with van der Waals surface area (Å²) in [7, 11) is -3.87. The van der Waals surface area contributed by atoms with Crippen LogP contribution in [0.5, 0.6) is 0 Å². The van der Waals surface area contributed by atoms with Crippen molar-refractivity contribution in [2.24, 2.45) is 5.41 Å². The molecule has 0 aromatic heterocycles. The van der Waals surface area contributed by atoms with Gasteiger partial charge in [0.05, 0.1) is 21.8 Å². The number of rotatable bonds is 5. The molecule has 1 aliphatic rings. The minimum atomic E-state index is -3.87. The van der Waals surface area contributed by atoms with Gasteiger partial charge in [-0.1, -0.05) is 78.9 Å². The van der Waals surface area contributed by atoms with E-state index in [1.165, 1.54) is 6.92 Å². The first-order chi connectivity index (χ1) is 15.2. The third-order valence-corrected chi connectivity index (χ3v) is 7.57. The van der Waals surface area contributed by atoms with Crippen molar-refractivity contribution in [2.75, 3.05) is 5.75 Å². The van der Waals surface area contributed by atoms with Crippen molar-refractivity contribution < 1.29 is 18.0 Å². The van der Waals surface area contributed by atoms with Gasteiger partial charge in [0, 0.05) is 12.5 Å². The highest BCUT2D eigenvalue weighted by Gasteiger charge is 2.47. The molecule has 0 saturated carbocycles. The molecule has 1 unspecified atom stereocenters. The fourth-order valence-electron chi connectivity index (χ4n) is 4.10. The minimum Gasteiger partial charge on any atom is -0.274 e. The van der Waals surface area contributed by atoms with Crippen molar-refractivity contribution in [1.82, 2.24) is 4.90 Å². The highest BCUT2D eigenvalue weighted by molar-refractivity contribution is 7.91. The summed E-state index contributed by atoms with van der Waals surface area (Å²) in [6, 6.07) is 25.1. The largest absolute Gasteiger partial charge is 0.274 e. The Bertz CT molecular complexity index is 1310. The molecule has 0 fully saturated rings. The van der Waals surface area contributed by atoms with Gasteiger partial charge < -0.3 is 0 Å². The molecule has 32 heavy (non-hydrogen) atoms. The molecule has 0 bridgehead atoms. The minimum absolute atomic E-state index is 0.163. The van der Waals surface area contributed by atoms with Crippen LogP contribution in [-0.4, -0.2) is 30.9 Å². The molecule has 2 amide bonds. The average molecular weight is 446 g/mol. The molecule has 0 spiro atoms. The molecule has 4 rings (SSSR count). The predicted molar refractivity (Wildman–Crippen MR) is 124 cm³/mol. The molecule has 3 aromatic carbocycles. The molecule has 1 heterocycles. The molecule has 5 nitrogen and oxygen atoms in total. The highest BCUT2D eigenvalue weighted by atomic mass is 32.2. The number of imide groups is 1. The molecule has 1 aliphatic heterocycles. The molecule has 3 aromatic rings. The summed E-state index contributed by atoms with van der Waals surface area (Å²) < 4.78 is 27.1. The molecule has 0 saturated heterocycles. The van der Waals surface area contributed by atoms with Crippen LogP contribution in [0.1, 0.15) is 19.4 Å². The zero-order valence-electron chi connectivity index (χ0n) is 17.9. The van der Waals surface area contributed by atoms with E-state index in [4.69, 9.17) is 0 Å². The number of hydrogen-bond donors (Lipinski definition) is 0. The van der Waals surface area contributed by atoms with Gasteiger partial charge in [-0.25, -0.2) is 13.3 Å². The fourth-order valence-corrected chi connectivity index (χ4v) is 6.06. The van der Waals surface area contributed by atoms with Gasteiger partial charge in [-0.05, 0) is 30.2 Å². The monoisotopic (exact) mass is 445 g/mol. The van der Waals surface area contributed by atoms with Gasteiger partial charge in [0.1, 0.15) is 0 Å². The predicted octanol–water partition coefficient (Wildman–Crippen LogP) is 4.56. The molecule has 162 valence electrons. The summed E-state index contributed by atoms with van der Waals surface area (Å²) in [6.07, 6.45) is 1.61. The van der Waals surface area contributed by atoms with E-state index in [0.29, 0.717) is 16.8 Å². The van der Waals surface area contributed by atoms with Crippen molar-refractivity contribution in [2.45, 2.75) is 18.7 Å². The SMILES string of the molecule is CC(=O)N1C(=O)C(C)(CS(=O)(=O)c2ccccc2-c2ccccc2)C=C1c1ccccc1. The van der Waals surface area contributed by atoms with Crippen LogP contribution in [0.3, 0.4) is 0 Å². The maximum Gasteiger partial charge on any atom is 0.244 e. The number of hydrogen-bond acceptors (Lipinski definition) is 4. The molecular weight excluding hydrogens is 422 g/mol. The lowest BCUT2D eigenvalue weighted by Crippen LogP contribution is -2.40. The van der Waals surface area contributed by atoms with E-state index < -0.39 is 32.8 Å². The van der Waals surface area contributed by atoms with E-state index in [1.54, 1.807) is 49.4 Å². The van der Waals surface area contributed by atoms with Crippen LogP contribution >= 0.6 is 0 Å². The summed E-state index contributed by atoms with van der Waals surface area (Å²) in [5.41, 5.74) is 1.08. The van der Waals surface area contributed by atoms with Crippen LogP contribution in [0.25, 0.3) is 16.8 Å². The lowest BCUT2D eigenvalue weighted by atomic mass is 9.93. The first kappa shape index (κ1) is 21.7. The average Bonchev–Trinajstić information content (AvgIpc) is 3.05. The lowest BCUT2D eigenvalue weighted by molar-refractivity contribution is -0.142. The second-order valence-corrected chi connectivity index (χ2v) is 10.1. The van der Waals surface area contributed by atoms with Gasteiger partial charge in [-0.15, -0.1) is 0 Å². The van der Waals surface area contributed by atoms with Crippen molar-refractivity contribution in [3.05, 3.63) is 96.6 Å². The topological polar surface area (TPSA) is 71.5 Å². The smallest absolute Gasteiger partial charge is 0.244 e. The van der Waals surface area contributed by atoms with Gasteiger partial charge in [-0.3, -0.25) is 9.59 Å². The molecule has 6 heteroatoms. The van der Waals surface area contributed by atoms with E-state index in [-0.39, 0.29) is 4.90 Å². The molecule has 1 atom stereocenters. The maximum absolute atomic E-state index is 13.6. The van der Waals surface area contributed by atoms with E-state index in [9.17, 15) is 18.0 Å². The highest BCUT2D eigenvalue weighted by Crippen LogP contribution is 2.40. The summed E-state index contributed by atoms with van der Waals surface area (Å²) in [4.78, 5) is 26.9. The van der Waals surface area contributed by atoms with Crippen LogP contribution in [-0.2, 0) is 19.4 Å². The van der Waals surface area contributed by atoms with Crippen LogP contribution in [0.2, 0.25) is 0 Å². The molecule has 0 aliphatic carbocycles. The second kappa shape index (κ2) is 8.20. The van der Waals surface area contributed by atoms with E-state index >= 15 is 0 Å². The molecular formula is C26H23NO4S. The lowest BCUT2D eigenvalue weighted by Gasteiger charge is -2.23. The Morgan fingerprint density at radius 2 is 1.38 bits per heavy atom. The zero-order chi connectivity index (χ0) is 22.9. The van der Waals surface area contributed by atoms with E-state index in [0.717, 1.165) is 10.5 Å². The van der Waals surface area contributed by atoms with Crippen molar-refractivity contribution in [3.8, 4) is 11.1 Å². The Balaban J connectivity index is 1.78. The van der Waals surface area contributed by atoms with Gasteiger partial charge in [0.2, 0.25) is 11.8 Å². The van der Waals surface area contributed by atoms with Crippen LogP contribution in [0.4, 0.5) is 0 Å². The van der Waals surface area contributed by atoms with E-state index in [1.807, 2.05) is 48.5 Å². The van der Waals surface area contributed by atoms with Crippen molar-refractivity contribution in [1.29, 1.82) is 0 Å². The Labute approximate surface area is 187 Å². The normalized spacial score (nSPS) is 18.5. The molecule has 0 radical (unpaired) electrons. The van der Waals surface area contributed by atoms with E-state index in [2.05, 4.69) is 0 Å². The second-order valence-electron chi connectivity index (χ2n) is 8.09. The van der Waals surface area contributed by atoms with Gasteiger partial charge in [0.25, 0.3) is 0 Å². The Morgan fingerprint density at radius 3 is 1.97 bits per heavy atom. The summed E-state index contributed by atoms with van der Waals surface area (Å²) in [5.74, 6) is -1.43. The number of carbonyl (C=O) groups is 2. The van der Waals surface area contributed by atoms with Gasteiger partial charge >= 0.3 is 0 Å². The summed E-state index contributed by atoms with van der Waals surface area (Å²) >= 11 is 0. The van der Waals surface area contributed by atoms with Crippen molar-refractivity contribution >= 4 is 27.3 Å². The van der Waals surface area contributed by atoms with Crippen molar-refractivity contribution in [3.63, 3.8) is 0 Å². The third-order valence-electron chi connectivity index (χ3n) is 5.57. The third kappa shape index (κ3) is 3.89. The summed E-state index contributed by atoms with van der Waals surface area (Å²) in [5, 5.41) is 0. The Hall–Kier alpha value is -3.51. The number of carbonyl (C=O) groups excluding carboxylic acids is 2. The van der Waals surface area contributed by atoms with Gasteiger partial charge in [0.15, 0.2) is 9.84 Å². The van der Waals surface area contributed by atoms with Crippen LogP contribution in [0, 0.1) is 5.41 Å². The van der Waals surface area contributed by atoms with Gasteiger partial charge in [-0.2, -0.15) is 0 Å². The summed E-state index contributed by atoms with van der Waals surface area (Å²) in [6.45, 7) is 2.88. The number of nitrogens with zero attached hydrogens (tertiary/aromatic N) is 1. The standard InChI is InChI=1S/C26H23NO4S/c1-19(28)27-23(21-13-7-4-8-14-21)17-26(2,25(27)29)18-32(30,31)24-16-10-9-15-22(24)20-11-5-3-6-12-20/h3-17H,18H2,1-2H3. The van der Waals surface area contributed by atoms with Crippen LogP contribution < -0.4 is 0 Å². The Kier molecular flexibility index (Phi) is 5.57.